The van der Waals surface area contributed by atoms with E-state index in [1.165, 1.54) is 11.8 Å². The molecular weight excluding hydrogens is 248 g/mol. The molecule has 0 N–H and O–H groups in total. The quantitative estimate of drug-likeness (QED) is 0.708. The van der Waals surface area contributed by atoms with Gasteiger partial charge in [0, 0.05) is 38.1 Å². The van der Waals surface area contributed by atoms with E-state index in [2.05, 4.69) is 0 Å². The van der Waals surface area contributed by atoms with Gasteiger partial charge in [0.1, 0.15) is 0 Å². The van der Waals surface area contributed by atoms with Crippen LogP contribution in [-0.2, 0) is 11.8 Å². The summed E-state index contributed by atoms with van der Waals surface area (Å²) in [4.78, 5) is 25.3. The van der Waals surface area contributed by atoms with Gasteiger partial charge in [-0.3, -0.25) is 9.59 Å². The molecule has 4 nitrogen and oxygen atoms in total. The Kier molecular flexibility index (Phi) is 5.98. The molecule has 1 rings (SSSR count). The van der Waals surface area contributed by atoms with E-state index in [0.29, 0.717) is 17.1 Å². The molecule has 1 aromatic heterocycles. The van der Waals surface area contributed by atoms with Crippen LogP contribution in [0.5, 0.6) is 0 Å². The van der Waals surface area contributed by atoms with Crippen molar-refractivity contribution < 1.29 is 9.59 Å². The lowest BCUT2D eigenvalue weighted by Gasteiger charge is -2.17. The number of aromatic nitrogens is 1. The molecule has 1 aromatic rings. The first kappa shape index (κ1) is 14.8. The first-order valence-corrected chi connectivity index (χ1v) is 7.24. The van der Waals surface area contributed by atoms with Gasteiger partial charge in [-0.2, -0.15) is 0 Å². The molecule has 0 atom stereocenters. The molecular formula is C13H20N2O2S. The molecule has 5 heteroatoms. The Hall–Kier alpha value is -1.23. The van der Waals surface area contributed by atoms with Crippen molar-refractivity contribution in [3.8, 4) is 0 Å². The van der Waals surface area contributed by atoms with Crippen molar-refractivity contribution in [2.45, 2.75) is 13.8 Å². The Morgan fingerprint density at radius 3 is 2.44 bits per heavy atom. The summed E-state index contributed by atoms with van der Waals surface area (Å²) >= 11 is 1.38. The van der Waals surface area contributed by atoms with E-state index in [1.807, 2.05) is 31.7 Å². The number of hydrogen-bond acceptors (Lipinski definition) is 3. The number of thioether (sulfide) groups is 1. The molecule has 1 amide bonds. The van der Waals surface area contributed by atoms with Crippen LogP contribution in [0, 0.1) is 0 Å². The molecule has 0 aromatic carbocycles. The lowest BCUT2D eigenvalue weighted by atomic mass is 10.2. The Bertz CT molecular complexity index is 411. The highest BCUT2D eigenvalue weighted by Crippen LogP contribution is 2.08. The van der Waals surface area contributed by atoms with E-state index in [1.54, 1.807) is 17.2 Å². The van der Waals surface area contributed by atoms with Gasteiger partial charge in [-0.15, -0.1) is 11.8 Å². The topological polar surface area (TPSA) is 42.3 Å². The van der Waals surface area contributed by atoms with Gasteiger partial charge in [-0.1, -0.05) is 0 Å². The number of aryl methyl sites for hydroxylation is 1. The third-order valence-corrected chi connectivity index (χ3v) is 3.65. The second kappa shape index (κ2) is 7.26. The van der Waals surface area contributed by atoms with Crippen molar-refractivity contribution in [2.24, 2.45) is 7.05 Å². The van der Waals surface area contributed by atoms with Crippen LogP contribution in [0.1, 0.15) is 24.2 Å². The van der Waals surface area contributed by atoms with E-state index in [9.17, 15) is 9.59 Å². The van der Waals surface area contributed by atoms with Gasteiger partial charge in [0.2, 0.25) is 5.91 Å². The Morgan fingerprint density at radius 1 is 1.28 bits per heavy atom. The zero-order valence-electron chi connectivity index (χ0n) is 11.2. The summed E-state index contributed by atoms with van der Waals surface area (Å²) in [6.45, 7) is 5.37. The van der Waals surface area contributed by atoms with Crippen LogP contribution in [0.3, 0.4) is 0 Å². The van der Waals surface area contributed by atoms with Crippen LogP contribution < -0.4 is 0 Å². The van der Waals surface area contributed by atoms with Crippen molar-refractivity contribution in [1.82, 2.24) is 9.47 Å². The minimum absolute atomic E-state index is 0.0768. The molecule has 100 valence electrons. The van der Waals surface area contributed by atoms with Crippen LogP contribution in [0.25, 0.3) is 0 Å². The lowest BCUT2D eigenvalue weighted by molar-refractivity contribution is -0.127. The van der Waals surface area contributed by atoms with Crippen molar-refractivity contribution in [3.05, 3.63) is 24.0 Å². The molecule has 0 aliphatic heterocycles. The van der Waals surface area contributed by atoms with Crippen molar-refractivity contribution >= 4 is 23.5 Å². The number of nitrogens with zero attached hydrogens (tertiary/aromatic N) is 2. The van der Waals surface area contributed by atoms with Crippen LogP contribution in [0.4, 0.5) is 0 Å². The number of carbonyl (C=O) groups is 2. The summed E-state index contributed by atoms with van der Waals surface area (Å²) in [5.41, 5.74) is 0.709. The molecule has 0 radical (unpaired) electrons. The predicted octanol–water partition coefficient (Wildman–Crippen LogP) is 1.81. The monoisotopic (exact) mass is 268 g/mol. The second-order valence-corrected chi connectivity index (χ2v) is 5.03. The van der Waals surface area contributed by atoms with E-state index in [-0.39, 0.29) is 11.7 Å². The van der Waals surface area contributed by atoms with E-state index in [4.69, 9.17) is 0 Å². The predicted molar refractivity (Wildman–Crippen MR) is 75.0 cm³/mol. The highest BCUT2D eigenvalue weighted by atomic mass is 32.2. The highest BCUT2D eigenvalue weighted by Gasteiger charge is 2.12. The molecule has 0 spiro atoms. The normalized spacial score (nSPS) is 10.4. The van der Waals surface area contributed by atoms with Crippen LogP contribution in [0.2, 0.25) is 0 Å². The van der Waals surface area contributed by atoms with Crippen molar-refractivity contribution in [2.75, 3.05) is 24.6 Å². The smallest absolute Gasteiger partial charge is 0.232 e. The summed E-state index contributed by atoms with van der Waals surface area (Å²) in [5, 5.41) is 0. The van der Waals surface area contributed by atoms with Gasteiger partial charge in [0.05, 0.1) is 11.5 Å². The fraction of sp³-hybridized carbons (Fsp3) is 0.538. The standard InChI is InChI=1S/C13H20N2O2S/c1-4-15(5-2)13(17)10-18-9-12(16)11-6-7-14(3)8-11/h6-8H,4-5,9-10H2,1-3H3. The number of amides is 1. The Labute approximate surface area is 112 Å². The number of carbonyl (C=O) groups excluding carboxylic acids is 2. The first-order chi connectivity index (χ1) is 8.58. The SMILES string of the molecule is CCN(CC)C(=O)CSCC(=O)c1ccn(C)c1. The number of rotatable bonds is 7. The van der Waals surface area contributed by atoms with Gasteiger partial charge in [-0.25, -0.2) is 0 Å². The number of hydrogen-bond donors (Lipinski definition) is 0. The second-order valence-electron chi connectivity index (χ2n) is 4.05. The van der Waals surface area contributed by atoms with Gasteiger partial charge >= 0.3 is 0 Å². The van der Waals surface area contributed by atoms with Gasteiger partial charge in [0.15, 0.2) is 5.78 Å². The molecule has 0 aliphatic rings. The van der Waals surface area contributed by atoms with Crippen molar-refractivity contribution in [3.63, 3.8) is 0 Å². The zero-order valence-corrected chi connectivity index (χ0v) is 12.0. The Balaban J connectivity index is 2.34. The average Bonchev–Trinajstić information content (AvgIpc) is 2.77. The summed E-state index contributed by atoms with van der Waals surface area (Å²) in [7, 11) is 1.88. The molecule has 0 aliphatic carbocycles. The fourth-order valence-corrected chi connectivity index (χ4v) is 2.46. The van der Waals surface area contributed by atoms with E-state index < -0.39 is 0 Å². The summed E-state index contributed by atoms with van der Waals surface area (Å²) in [5.74, 6) is 0.913. The molecule has 1 heterocycles. The highest BCUT2D eigenvalue weighted by molar-refractivity contribution is 8.00. The fourth-order valence-electron chi connectivity index (χ4n) is 1.65. The van der Waals surface area contributed by atoms with Crippen molar-refractivity contribution in [1.29, 1.82) is 0 Å². The maximum Gasteiger partial charge on any atom is 0.232 e. The minimum atomic E-state index is 0.0768. The van der Waals surface area contributed by atoms with Crippen LogP contribution in [0.15, 0.2) is 18.5 Å². The number of Topliss-reactive ketones (excluding diaryl/α,β-unsaturated/α-hetero) is 1. The third kappa shape index (κ3) is 4.22. The van der Waals surface area contributed by atoms with E-state index in [0.717, 1.165) is 13.1 Å². The lowest BCUT2D eigenvalue weighted by Crippen LogP contribution is -2.32. The average molecular weight is 268 g/mol. The summed E-state index contributed by atoms with van der Waals surface area (Å²) in [6.07, 6.45) is 3.65. The van der Waals surface area contributed by atoms with Crippen LogP contribution >= 0.6 is 11.8 Å². The van der Waals surface area contributed by atoms with E-state index >= 15 is 0 Å². The molecule has 0 bridgehead atoms. The van der Waals surface area contributed by atoms with Gasteiger partial charge < -0.3 is 9.47 Å². The van der Waals surface area contributed by atoms with Gasteiger partial charge in [-0.05, 0) is 19.9 Å². The maximum absolute atomic E-state index is 11.8. The first-order valence-electron chi connectivity index (χ1n) is 6.09. The molecule has 0 saturated carbocycles. The molecule has 0 unspecified atom stereocenters. The zero-order chi connectivity index (χ0) is 13.5. The number of ketones is 1. The molecule has 0 saturated heterocycles. The molecule has 0 fully saturated rings. The molecule has 18 heavy (non-hydrogen) atoms. The third-order valence-electron chi connectivity index (χ3n) is 2.73. The van der Waals surface area contributed by atoms with Gasteiger partial charge in [0.25, 0.3) is 0 Å². The minimum Gasteiger partial charge on any atom is -0.357 e. The Morgan fingerprint density at radius 2 is 1.94 bits per heavy atom. The summed E-state index contributed by atoms with van der Waals surface area (Å²) < 4.78 is 1.85. The largest absolute Gasteiger partial charge is 0.357 e. The van der Waals surface area contributed by atoms with Crippen LogP contribution in [-0.4, -0.2) is 45.8 Å². The summed E-state index contributed by atoms with van der Waals surface area (Å²) in [6, 6.07) is 1.80. The maximum atomic E-state index is 11.8.